The second-order valence-corrected chi connectivity index (χ2v) is 21.0. The number of furan rings is 1. The number of hydrogen-bond acceptors (Lipinski definition) is 3. The Hall–Kier alpha value is -10.7. The Bertz CT molecular complexity index is 4890. The summed E-state index contributed by atoms with van der Waals surface area (Å²) in [6, 6.07) is 111. The van der Waals surface area contributed by atoms with E-state index in [1.165, 1.54) is 65.7 Å². The molecule has 378 valence electrons. The molecule has 0 fully saturated rings. The Balaban J connectivity index is 0.965. The first-order valence-electron chi connectivity index (χ1n) is 27.8. The monoisotopic (exact) mass is 1030 g/mol. The van der Waals surface area contributed by atoms with E-state index >= 15 is 0 Å². The van der Waals surface area contributed by atoms with Gasteiger partial charge >= 0.3 is 0 Å². The Kier molecular flexibility index (Phi) is 10.9. The van der Waals surface area contributed by atoms with Crippen LogP contribution in [0.1, 0.15) is 0 Å². The van der Waals surface area contributed by atoms with Gasteiger partial charge in [0.2, 0.25) is 0 Å². The van der Waals surface area contributed by atoms with E-state index in [9.17, 15) is 0 Å². The van der Waals surface area contributed by atoms with Crippen LogP contribution >= 0.6 is 0 Å². The molecule has 1 aromatic heterocycles. The summed E-state index contributed by atoms with van der Waals surface area (Å²) in [5.41, 5.74) is 15.4. The third-order valence-electron chi connectivity index (χ3n) is 16.6. The van der Waals surface area contributed by atoms with Crippen LogP contribution in [-0.2, 0) is 0 Å². The van der Waals surface area contributed by atoms with Gasteiger partial charge in [0.15, 0.2) is 0 Å². The van der Waals surface area contributed by atoms with Gasteiger partial charge in [0.1, 0.15) is 11.2 Å². The summed E-state index contributed by atoms with van der Waals surface area (Å²) in [7, 11) is 0. The molecule has 0 aliphatic heterocycles. The van der Waals surface area contributed by atoms with Gasteiger partial charge in [-0.15, -0.1) is 0 Å². The molecule has 0 saturated heterocycles. The van der Waals surface area contributed by atoms with Crippen molar-refractivity contribution in [2.75, 3.05) is 9.80 Å². The SMILES string of the molecule is c1ccc(-c2ccc(N(c3ccc(-c4ccccc4)cc3)c3c4ccccc4c(-c4c5ccccc5c(N(c5ccccc5)c5cc6oc7ccc8ccccc8c7c6c6ccccc56)c5ccccc45)c4ccccc34)cc2)cc1. The number of nitrogens with zero attached hydrogens (tertiary/aromatic N) is 2. The smallest absolute Gasteiger partial charge is 0.138 e. The lowest BCUT2D eigenvalue weighted by atomic mass is 9.84. The van der Waals surface area contributed by atoms with E-state index in [0.29, 0.717) is 0 Å². The van der Waals surface area contributed by atoms with Gasteiger partial charge in [0.05, 0.1) is 17.1 Å². The zero-order chi connectivity index (χ0) is 53.4. The van der Waals surface area contributed by atoms with Crippen molar-refractivity contribution in [3.8, 4) is 33.4 Å². The molecule has 3 nitrogen and oxygen atoms in total. The van der Waals surface area contributed by atoms with E-state index in [2.05, 4.69) is 313 Å². The Labute approximate surface area is 469 Å². The number of para-hydroxylation sites is 1. The largest absolute Gasteiger partial charge is 0.456 e. The molecule has 16 aromatic rings. The van der Waals surface area contributed by atoms with Gasteiger partial charge in [0.25, 0.3) is 0 Å². The highest BCUT2D eigenvalue weighted by atomic mass is 16.3. The molecule has 0 saturated carbocycles. The summed E-state index contributed by atoms with van der Waals surface area (Å²) in [6.07, 6.45) is 0. The first kappa shape index (κ1) is 46.4. The average Bonchev–Trinajstić information content (AvgIpc) is 4.17. The molecule has 0 radical (unpaired) electrons. The molecule has 0 unspecified atom stereocenters. The molecule has 3 heteroatoms. The van der Waals surface area contributed by atoms with Crippen LogP contribution in [0.2, 0.25) is 0 Å². The number of anilines is 6. The van der Waals surface area contributed by atoms with Crippen LogP contribution in [0, 0.1) is 0 Å². The summed E-state index contributed by atoms with van der Waals surface area (Å²) >= 11 is 0. The fraction of sp³-hybridized carbons (Fsp3) is 0. The van der Waals surface area contributed by atoms with Crippen LogP contribution in [0.3, 0.4) is 0 Å². The maximum absolute atomic E-state index is 6.96. The maximum atomic E-state index is 6.96. The topological polar surface area (TPSA) is 19.6 Å². The standard InChI is InChI=1S/C78H50N2O/c1-4-22-51(23-5-1)53-40-45-57(46-41-53)79(58-47-42-54(43-48-58)52-24-6-2-7-25-52)77-66-36-18-14-32-62(66)73(63-33-15-19-37-67(63)77)74-64-34-16-20-38-68(64)78(69-39-21-17-35-65(69)74)80(56-27-8-3-9-28-56)70-50-72-76(61-31-13-12-30-60(61)70)75-59-29-11-10-26-55(59)44-49-71(75)81-72/h1-50H. The van der Waals surface area contributed by atoms with E-state index in [1.54, 1.807) is 0 Å². The zero-order valence-electron chi connectivity index (χ0n) is 44.2. The quantitative estimate of drug-likeness (QED) is 0.134. The van der Waals surface area contributed by atoms with Gasteiger partial charge < -0.3 is 14.2 Å². The summed E-state index contributed by atoms with van der Waals surface area (Å²) < 4.78 is 6.96. The third kappa shape index (κ3) is 7.51. The minimum absolute atomic E-state index is 0.854. The summed E-state index contributed by atoms with van der Waals surface area (Å²) in [5, 5.41) is 16.2. The highest BCUT2D eigenvalue weighted by Gasteiger charge is 2.29. The Morgan fingerprint density at radius 2 is 0.568 bits per heavy atom. The normalized spacial score (nSPS) is 11.7. The molecule has 1 heterocycles. The number of rotatable bonds is 9. The number of benzene rings is 15. The molecule has 0 aliphatic carbocycles. The van der Waals surface area contributed by atoms with Gasteiger partial charge in [-0.05, 0) is 114 Å². The van der Waals surface area contributed by atoms with E-state index in [4.69, 9.17) is 4.42 Å². The van der Waals surface area contributed by atoms with Crippen molar-refractivity contribution in [2.24, 2.45) is 0 Å². The van der Waals surface area contributed by atoms with Crippen LogP contribution in [-0.4, -0.2) is 0 Å². The molecular weight excluding hydrogens is 981 g/mol. The van der Waals surface area contributed by atoms with Crippen molar-refractivity contribution in [3.63, 3.8) is 0 Å². The number of fused-ring (bicyclic) bond motifs is 11. The summed E-state index contributed by atoms with van der Waals surface area (Å²) in [5.74, 6) is 0. The van der Waals surface area contributed by atoms with Crippen molar-refractivity contribution >= 4 is 121 Å². The lowest BCUT2D eigenvalue weighted by molar-refractivity contribution is 0.669. The lowest BCUT2D eigenvalue weighted by Crippen LogP contribution is -2.12. The molecule has 0 N–H and O–H groups in total. The van der Waals surface area contributed by atoms with Crippen molar-refractivity contribution in [2.45, 2.75) is 0 Å². The van der Waals surface area contributed by atoms with Gasteiger partial charge in [-0.3, -0.25) is 0 Å². The summed E-state index contributed by atoms with van der Waals surface area (Å²) in [4.78, 5) is 4.96. The van der Waals surface area contributed by atoms with Crippen LogP contribution in [0.5, 0.6) is 0 Å². The van der Waals surface area contributed by atoms with Gasteiger partial charge in [-0.1, -0.05) is 255 Å². The fourth-order valence-electron chi connectivity index (χ4n) is 13.0. The van der Waals surface area contributed by atoms with Crippen LogP contribution in [0.15, 0.2) is 308 Å². The average molecular weight is 1030 g/mol. The second kappa shape index (κ2) is 19.0. The van der Waals surface area contributed by atoms with E-state index < -0.39 is 0 Å². The van der Waals surface area contributed by atoms with E-state index in [1.807, 2.05) is 0 Å². The van der Waals surface area contributed by atoms with Crippen molar-refractivity contribution in [1.29, 1.82) is 0 Å². The van der Waals surface area contributed by atoms with Crippen molar-refractivity contribution < 1.29 is 4.42 Å². The van der Waals surface area contributed by atoms with Gasteiger partial charge in [0, 0.05) is 60.8 Å². The highest BCUT2D eigenvalue weighted by Crippen LogP contribution is 2.55. The molecule has 0 atom stereocenters. The summed E-state index contributed by atoms with van der Waals surface area (Å²) in [6.45, 7) is 0. The maximum Gasteiger partial charge on any atom is 0.138 e. The predicted molar refractivity (Wildman–Crippen MR) is 344 cm³/mol. The van der Waals surface area contributed by atoms with Crippen LogP contribution in [0.25, 0.3) is 120 Å². The molecule has 16 rings (SSSR count). The third-order valence-corrected chi connectivity index (χ3v) is 16.6. The van der Waals surface area contributed by atoms with Crippen LogP contribution < -0.4 is 9.80 Å². The van der Waals surface area contributed by atoms with Crippen LogP contribution in [0.4, 0.5) is 34.1 Å². The molecule has 0 spiro atoms. The zero-order valence-corrected chi connectivity index (χ0v) is 44.2. The molecule has 0 bridgehead atoms. The highest BCUT2D eigenvalue weighted by molar-refractivity contribution is 6.33. The molecule has 81 heavy (non-hydrogen) atoms. The van der Waals surface area contributed by atoms with Gasteiger partial charge in [-0.25, -0.2) is 0 Å². The molecule has 0 aliphatic rings. The first-order chi connectivity index (χ1) is 40.2. The second-order valence-electron chi connectivity index (χ2n) is 21.0. The first-order valence-corrected chi connectivity index (χ1v) is 27.8. The lowest BCUT2D eigenvalue weighted by Gasteiger charge is -2.32. The predicted octanol–water partition coefficient (Wildman–Crippen LogP) is 22.4. The van der Waals surface area contributed by atoms with Crippen molar-refractivity contribution in [1.82, 2.24) is 0 Å². The Morgan fingerprint density at radius 3 is 1.05 bits per heavy atom. The fourth-order valence-corrected chi connectivity index (χ4v) is 13.0. The van der Waals surface area contributed by atoms with Crippen molar-refractivity contribution in [3.05, 3.63) is 303 Å². The molecular formula is C78H50N2O. The van der Waals surface area contributed by atoms with Gasteiger partial charge in [-0.2, -0.15) is 0 Å². The molecule has 0 amide bonds. The van der Waals surface area contributed by atoms with E-state index in [0.717, 1.165) is 88.4 Å². The Morgan fingerprint density at radius 1 is 0.222 bits per heavy atom. The minimum Gasteiger partial charge on any atom is -0.456 e. The number of hydrogen-bond donors (Lipinski definition) is 0. The minimum atomic E-state index is 0.854. The van der Waals surface area contributed by atoms with E-state index in [-0.39, 0.29) is 0 Å². The molecule has 15 aromatic carbocycles.